The minimum Gasteiger partial charge on any atom is -0.0888 e. The number of hydrogen-bond acceptors (Lipinski definition) is 0. The summed E-state index contributed by atoms with van der Waals surface area (Å²) < 4.78 is 0. The van der Waals surface area contributed by atoms with Gasteiger partial charge in [0.25, 0.3) is 0 Å². The van der Waals surface area contributed by atoms with Crippen molar-refractivity contribution in [1.29, 1.82) is 0 Å². The molecule has 0 aromatic carbocycles. The Morgan fingerprint density at radius 2 is 0.839 bits per heavy atom. The van der Waals surface area contributed by atoms with E-state index in [9.17, 15) is 0 Å². The second-order valence-corrected chi connectivity index (χ2v) is 7.68. The molecule has 0 heteroatoms. The van der Waals surface area contributed by atoms with Crippen LogP contribution in [0.2, 0.25) is 0 Å². The van der Waals surface area contributed by atoms with E-state index in [1.54, 1.807) is 0 Å². The third-order valence-corrected chi connectivity index (χ3v) is 5.25. The third-order valence-electron chi connectivity index (χ3n) is 5.25. The number of rotatable bonds is 17. The van der Waals surface area contributed by atoms with E-state index in [2.05, 4.69) is 46.8 Å². The second-order valence-electron chi connectivity index (χ2n) is 7.68. The van der Waals surface area contributed by atoms with Crippen molar-refractivity contribution in [2.24, 2.45) is 5.92 Å². The van der Waals surface area contributed by atoms with E-state index in [4.69, 9.17) is 0 Å². The molecule has 0 nitrogen and oxygen atoms in total. The van der Waals surface area contributed by atoms with Crippen LogP contribution in [0.3, 0.4) is 0 Å². The van der Waals surface area contributed by atoms with E-state index in [0.29, 0.717) is 0 Å². The normalized spacial score (nSPS) is 9.55. The first-order valence-electron chi connectivity index (χ1n) is 14.9. The molecule has 194 valence electrons. The van der Waals surface area contributed by atoms with Crippen LogP contribution in [0.25, 0.3) is 0 Å². The van der Waals surface area contributed by atoms with Crippen molar-refractivity contribution in [3.8, 4) is 0 Å². The maximum Gasteiger partial charge on any atom is -0.0351 e. The van der Waals surface area contributed by atoms with Gasteiger partial charge < -0.3 is 0 Å². The van der Waals surface area contributed by atoms with Crippen LogP contribution >= 0.6 is 0 Å². The molecule has 0 aliphatic carbocycles. The lowest BCUT2D eigenvalue weighted by molar-refractivity contribution is 0.427. The quantitative estimate of drug-likeness (QED) is 0.155. The SMILES string of the molecule is CC.CC.CC.CC/C=C\CCCCCCCC.CCCCCCCCC(CC)CC. The average molecular weight is 443 g/mol. The summed E-state index contributed by atoms with van der Waals surface area (Å²) in [5.74, 6) is 1.01. The first-order valence-corrected chi connectivity index (χ1v) is 14.9. The molecular weight excluding hydrogens is 372 g/mol. The first-order chi connectivity index (χ1) is 15.3. The molecule has 0 spiro atoms. The van der Waals surface area contributed by atoms with E-state index in [1.165, 1.54) is 109 Å². The van der Waals surface area contributed by atoms with Crippen LogP contribution in [0.1, 0.15) is 185 Å². The lowest BCUT2D eigenvalue weighted by Crippen LogP contribution is -1.96. The third kappa shape index (κ3) is 53.2. The summed E-state index contributed by atoms with van der Waals surface area (Å²) in [6, 6.07) is 0. The molecule has 0 rings (SSSR count). The standard InChI is InChI=1S/C13H28.C12H24.3C2H6/c1-4-7-8-9-10-11-12-13(5-2)6-3;1-3-5-7-9-11-12-10-8-6-4-2;3*1-2/h13H,4-12H2,1-3H3;5,7H,3-4,6,8-12H2,1-2H3;3*1-2H3/b;7-5-;;;. The molecule has 0 aromatic heterocycles. The van der Waals surface area contributed by atoms with E-state index >= 15 is 0 Å². The molecule has 0 saturated carbocycles. The molecule has 0 amide bonds. The molecule has 31 heavy (non-hydrogen) atoms. The fourth-order valence-corrected chi connectivity index (χ4v) is 3.24. The van der Waals surface area contributed by atoms with Crippen LogP contribution in [0.5, 0.6) is 0 Å². The van der Waals surface area contributed by atoms with Crippen LogP contribution in [0, 0.1) is 5.92 Å². The second kappa shape index (κ2) is 52.0. The Kier molecular flexibility index (Phi) is 68.8. The van der Waals surface area contributed by atoms with Crippen LogP contribution < -0.4 is 0 Å². The Balaban J connectivity index is -0.000000117. The van der Waals surface area contributed by atoms with Gasteiger partial charge in [-0.2, -0.15) is 0 Å². The first kappa shape index (κ1) is 41.0. The zero-order valence-corrected chi connectivity index (χ0v) is 24.8. The average Bonchev–Trinajstić information content (AvgIpc) is 2.85. The molecule has 0 N–H and O–H groups in total. The Labute approximate surface area is 203 Å². The van der Waals surface area contributed by atoms with E-state index in [-0.39, 0.29) is 0 Å². The van der Waals surface area contributed by atoms with Gasteiger partial charge >= 0.3 is 0 Å². The fourth-order valence-electron chi connectivity index (χ4n) is 3.24. The Hall–Kier alpha value is -0.260. The van der Waals surface area contributed by atoms with Crippen molar-refractivity contribution in [3.63, 3.8) is 0 Å². The van der Waals surface area contributed by atoms with E-state index < -0.39 is 0 Å². The van der Waals surface area contributed by atoms with Crippen LogP contribution in [-0.2, 0) is 0 Å². The highest BCUT2D eigenvalue weighted by atomic mass is 14.1. The topological polar surface area (TPSA) is 0 Å². The zero-order chi connectivity index (χ0) is 25.0. The molecule has 0 heterocycles. The summed E-state index contributed by atoms with van der Waals surface area (Å²) in [6.07, 6.45) is 28.4. The summed E-state index contributed by atoms with van der Waals surface area (Å²) in [4.78, 5) is 0. The van der Waals surface area contributed by atoms with E-state index in [1.807, 2.05) is 41.5 Å². The van der Waals surface area contributed by atoms with Crippen molar-refractivity contribution in [3.05, 3.63) is 12.2 Å². The van der Waals surface area contributed by atoms with Gasteiger partial charge in [-0.3, -0.25) is 0 Å². The van der Waals surface area contributed by atoms with Gasteiger partial charge in [-0.05, 0) is 25.2 Å². The minimum absolute atomic E-state index is 1.01. The summed E-state index contributed by atoms with van der Waals surface area (Å²) in [5, 5.41) is 0. The Morgan fingerprint density at radius 3 is 1.23 bits per heavy atom. The highest BCUT2D eigenvalue weighted by molar-refractivity contribution is 4.79. The maximum atomic E-state index is 2.32. The molecule has 0 fully saturated rings. The monoisotopic (exact) mass is 443 g/mol. The molecule has 0 bridgehead atoms. The predicted molar refractivity (Wildman–Crippen MR) is 154 cm³/mol. The minimum atomic E-state index is 1.01. The molecular formula is C31H70. The highest BCUT2D eigenvalue weighted by Crippen LogP contribution is 2.17. The molecule has 0 aliphatic heterocycles. The van der Waals surface area contributed by atoms with Crippen molar-refractivity contribution in [2.75, 3.05) is 0 Å². The van der Waals surface area contributed by atoms with Crippen molar-refractivity contribution in [1.82, 2.24) is 0 Å². The van der Waals surface area contributed by atoms with Gasteiger partial charge in [0.15, 0.2) is 0 Å². The Morgan fingerprint density at radius 1 is 0.452 bits per heavy atom. The largest absolute Gasteiger partial charge is 0.0888 e. The Bertz CT molecular complexity index is 224. The molecule has 0 aromatic rings. The molecule has 0 atom stereocenters. The smallest absolute Gasteiger partial charge is 0.0351 e. The van der Waals surface area contributed by atoms with Crippen molar-refractivity contribution < 1.29 is 0 Å². The summed E-state index contributed by atoms with van der Waals surface area (Å²) >= 11 is 0. The number of unbranched alkanes of at least 4 members (excludes halogenated alkanes) is 11. The number of allylic oxidation sites excluding steroid dienone is 2. The van der Waals surface area contributed by atoms with Crippen LogP contribution in [0.15, 0.2) is 12.2 Å². The van der Waals surface area contributed by atoms with Crippen molar-refractivity contribution >= 4 is 0 Å². The molecule has 0 aliphatic rings. The number of hydrogen-bond donors (Lipinski definition) is 0. The summed E-state index contributed by atoms with van der Waals surface area (Å²) in [6.45, 7) is 23.4. The lowest BCUT2D eigenvalue weighted by Gasteiger charge is -2.11. The van der Waals surface area contributed by atoms with Gasteiger partial charge in [-0.1, -0.05) is 178 Å². The van der Waals surface area contributed by atoms with Gasteiger partial charge in [-0.25, -0.2) is 0 Å². The van der Waals surface area contributed by atoms with Gasteiger partial charge in [0.2, 0.25) is 0 Å². The highest BCUT2D eigenvalue weighted by Gasteiger charge is 2.01. The lowest BCUT2D eigenvalue weighted by atomic mass is 9.96. The zero-order valence-electron chi connectivity index (χ0n) is 24.8. The summed E-state index contributed by atoms with van der Waals surface area (Å²) in [5.41, 5.74) is 0. The van der Waals surface area contributed by atoms with Crippen LogP contribution in [0.4, 0.5) is 0 Å². The van der Waals surface area contributed by atoms with Gasteiger partial charge in [0.05, 0.1) is 0 Å². The van der Waals surface area contributed by atoms with Gasteiger partial charge in [0.1, 0.15) is 0 Å². The molecule has 0 radical (unpaired) electrons. The van der Waals surface area contributed by atoms with Gasteiger partial charge in [0, 0.05) is 0 Å². The fraction of sp³-hybridized carbons (Fsp3) is 0.935. The van der Waals surface area contributed by atoms with Crippen LogP contribution in [-0.4, -0.2) is 0 Å². The summed E-state index contributed by atoms with van der Waals surface area (Å²) in [7, 11) is 0. The van der Waals surface area contributed by atoms with E-state index in [0.717, 1.165) is 5.92 Å². The maximum absolute atomic E-state index is 2.32. The molecule has 0 saturated heterocycles. The predicted octanol–water partition coefficient (Wildman–Crippen LogP) is 13.0. The van der Waals surface area contributed by atoms with Crippen molar-refractivity contribution in [2.45, 2.75) is 185 Å². The molecule has 0 unspecified atom stereocenters. The van der Waals surface area contributed by atoms with Gasteiger partial charge in [-0.15, -0.1) is 0 Å².